The molecule has 0 saturated carbocycles. The van der Waals surface area contributed by atoms with Crippen LogP contribution in [0.4, 0.5) is 0 Å². The molecule has 0 spiro atoms. The topological polar surface area (TPSA) is 42.9 Å². The van der Waals surface area contributed by atoms with E-state index in [1.54, 1.807) is 18.6 Å². The first-order valence-electron chi connectivity index (χ1n) is 7.73. The van der Waals surface area contributed by atoms with Crippen LogP contribution in [0.15, 0.2) is 72.1 Å². The fourth-order valence-corrected chi connectivity index (χ4v) is 3.37. The summed E-state index contributed by atoms with van der Waals surface area (Å²) < 4.78 is 0. The Morgan fingerprint density at radius 3 is 2.12 bits per heavy atom. The highest BCUT2D eigenvalue weighted by Gasteiger charge is 2.24. The van der Waals surface area contributed by atoms with E-state index in [2.05, 4.69) is 9.97 Å². The number of rotatable bonds is 5. The number of aromatic nitrogens is 2. The maximum absolute atomic E-state index is 13.1. The van der Waals surface area contributed by atoms with Gasteiger partial charge in [-0.25, -0.2) is 4.98 Å². The van der Waals surface area contributed by atoms with Crippen molar-refractivity contribution < 1.29 is 4.79 Å². The van der Waals surface area contributed by atoms with E-state index >= 15 is 0 Å². The second-order valence-corrected chi connectivity index (χ2v) is 6.81. The Labute approximate surface area is 146 Å². The molecule has 0 fully saturated rings. The standard InChI is InChI=1S/C20H18N2OS/c1-14-3-7-16(8-4-14)19(23)20(17-9-5-15(2)6-10-17)24-18-13-21-11-12-22-18/h3-13,20H,1-2H3/t20-/m1/s1. The van der Waals surface area contributed by atoms with Gasteiger partial charge in [-0.3, -0.25) is 9.78 Å². The SMILES string of the molecule is Cc1ccc(C(=O)[C@H](Sc2cnccn2)c2ccc(C)cc2)cc1. The summed E-state index contributed by atoms with van der Waals surface area (Å²) in [5.41, 5.74) is 3.99. The first kappa shape index (κ1) is 16.4. The molecule has 1 atom stereocenters. The molecule has 3 rings (SSSR count). The molecule has 4 heteroatoms. The Balaban J connectivity index is 1.96. The van der Waals surface area contributed by atoms with Gasteiger partial charge in [-0.05, 0) is 19.4 Å². The molecule has 3 nitrogen and oxygen atoms in total. The van der Waals surface area contributed by atoms with E-state index in [0.29, 0.717) is 5.56 Å². The zero-order valence-electron chi connectivity index (χ0n) is 13.6. The lowest BCUT2D eigenvalue weighted by molar-refractivity contribution is 0.0989. The first-order valence-corrected chi connectivity index (χ1v) is 8.61. The van der Waals surface area contributed by atoms with Gasteiger partial charge in [0, 0.05) is 18.0 Å². The van der Waals surface area contributed by atoms with Crippen molar-refractivity contribution in [2.24, 2.45) is 0 Å². The third-order valence-electron chi connectivity index (χ3n) is 3.73. The van der Waals surface area contributed by atoms with Gasteiger partial charge in [-0.1, -0.05) is 71.4 Å². The van der Waals surface area contributed by atoms with Gasteiger partial charge in [0.1, 0.15) is 5.03 Å². The lowest BCUT2D eigenvalue weighted by Crippen LogP contribution is -2.10. The number of hydrogen-bond acceptors (Lipinski definition) is 4. The molecule has 24 heavy (non-hydrogen) atoms. The predicted molar refractivity (Wildman–Crippen MR) is 97.3 cm³/mol. The monoisotopic (exact) mass is 334 g/mol. The molecule has 0 unspecified atom stereocenters. The number of hydrogen-bond donors (Lipinski definition) is 0. The van der Waals surface area contributed by atoms with Gasteiger partial charge in [0.25, 0.3) is 0 Å². The first-order chi connectivity index (χ1) is 11.6. The van der Waals surface area contributed by atoms with Crippen molar-refractivity contribution in [1.29, 1.82) is 0 Å². The van der Waals surface area contributed by atoms with Crippen LogP contribution in [-0.2, 0) is 0 Å². The highest BCUT2D eigenvalue weighted by atomic mass is 32.2. The third kappa shape index (κ3) is 3.89. The van der Waals surface area contributed by atoms with Crippen LogP contribution in [0.2, 0.25) is 0 Å². The lowest BCUT2D eigenvalue weighted by Gasteiger charge is -2.16. The summed E-state index contributed by atoms with van der Waals surface area (Å²) in [5.74, 6) is 0.0782. The second kappa shape index (κ2) is 7.41. The summed E-state index contributed by atoms with van der Waals surface area (Å²) in [6, 6.07) is 15.8. The summed E-state index contributed by atoms with van der Waals surface area (Å²) >= 11 is 1.43. The predicted octanol–water partition coefficient (Wildman–Crippen LogP) is 4.81. The molecule has 1 aromatic heterocycles. The Morgan fingerprint density at radius 1 is 0.917 bits per heavy atom. The Morgan fingerprint density at radius 2 is 1.54 bits per heavy atom. The van der Waals surface area contributed by atoms with Crippen LogP contribution in [0.5, 0.6) is 0 Å². The van der Waals surface area contributed by atoms with E-state index in [1.807, 2.05) is 62.4 Å². The number of benzene rings is 2. The molecular formula is C20H18N2OS. The molecule has 0 bridgehead atoms. The van der Waals surface area contributed by atoms with Crippen molar-refractivity contribution in [2.75, 3.05) is 0 Å². The molecular weight excluding hydrogens is 316 g/mol. The van der Waals surface area contributed by atoms with Crippen LogP contribution in [0.3, 0.4) is 0 Å². The van der Waals surface area contributed by atoms with Crippen LogP contribution in [-0.4, -0.2) is 15.8 Å². The van der Waals surface area contributed by atoms with Gasteiger partial charge in [0.15, 0.2) is 5.78 Å². The van der Waals surface area contributed by atoms with Crippen LogP contribution >= 0.6 is 11.8 Å². The van der Waals surface area contributed by atoms with Crippen molar-refractivity contribution in [3.63, 3.8) is 0 Å². The van der Waals surface area contributed by atoms with E-state index in [-0.39, 0.29) is 11.0 Å². The van der Waals surface area contributed by atoms with Gasteiger partial charge in [-0.2, -0.15) is 0 Å². The van der Waals surface area contributed by atoms with Crippen molar-refractivity contribution in [3.8, 4) is 0 Å². The largest absolute Gasteiger partial charge is 0.293 e. The lowest BCUT2D eigenvalue weighted by atomic mass is 10.0. The van der Waals surface area contributed by atoms with Crippen LogP contribution < -0.4 is 0 Å². The molecule has 0 aliphatic rings. The van der Waals surface area contributed by atoms with E-state index in [4.69, 9.17) is 0 Å². The molecule has 120 valence electrons. The quantitative estimate of drug-likeness (QED) is 0.496. The molecule has 0 N–H and O–H groups in total. The number of ketones is 1. The third-order valence-corrected chi connectivity index (χ3v) is 4.91. The molecule has 0 aliphatic carbocycles. The number of thioether (sulfide) groups is 1. The fraction of sp³-hybridized carbons (Fsp3) is 0.150. The van der Waals surface area contributed by atoms with E-state index in [1.165, 1.54) is 17.3 Å². The minimum absolute atomic E-state index is 0.0782. The van der Waals surface area contributed by atoms with Crippen LogP contribution in [0, 0.1) is 13.8 Å². The number of Topliss-reactive ketones (excluding diaryl/α,β-unsaturated/α-hetero) is 1. The minimum atomic E-state index is -0.343. The summed E-state index contributed by atoms with van der Waals surface area (Å²) in [5, 5.41) is 0.397. The number of aryl methyl sites for hydroxylation is 2. The molecule has 2 aromatic carbocycles. The van der Waals surface area contributed by atoms with Crippen molar-refractivity contribution >= 4 is 17.5 Å². The van der Waals surface area contributed by atoms with E-state index in [9.17, 15) is 4.79 Å². The molecule has 0 aliphatic heterocycles. The van der Waals surface area contributed by atoms with Gasteiger partial charge < -0.3 is 0 Å². The van der Waals surface area contributed by atoms with Crippen molar-refractivity contribution in [1.82, 2.24) is 9.97 Å². The van der Waals surface area contributed by atoms with Crippen molar-refractivity contribution in [2.45, 2.75) is 24.1 Å². The number of carbonyl (C=O) groups excluding carboxylic acids is 1. The van der Waals surface area contributed by atoms with Crippen LogP contribution in [0.1, 0.15) is 32.3 Å². The van der Waals surface area contributed by atoms with Crippen molar-refractivity contribution in [3.05, 3.63) is 89.4 Å². The molecule has 0 saturated heterocycles. The summed E-state index contributed by atoms with van der Waals surface area (Å²) in [7, 11) is 0. The fourth-order valence-electron chi connectivity index (χ4n) is 2.35. The van der Waals surface area contributed by atoms with Gasteiger partial charge in [0.2, 0.25) is 0 Å². The zero-order valence-corrected chi connectivity index (χ0v) is 14.5. The highest BCUT2D eigenvalue weighted by molar-refractivity contribution is 8.00. The molecule has 0 amide bonds. The maximum atomic E-state index is 13.1. The Bertz CT molecular complexity index is 815. The number of carbonyl (C=O) groups is 1. The highest BCUT2D eigenvalue weighted by Crippen LogP contribution is 2.36. The van der Waals surface area contributed by atoms with E-state index in [0.717, 1.165) is 16.2 Å². The molecule has 0 radical (unpaired) electrons. The normalized spacial score (nSPS) is 11.9. The summed E-state index contributed by atoms with van der Waals surface area (Å²) in [6.45, 7) is 4.05. The van der Waals surface area contributed by atoms with Crippen LogP contribution in [0.25, 0.3) is 0 Å². The van der Waals surface area contributed by atoms with Gasteiger partial charge >= 0.3 is 0 Å². The average molecular weight is 334 g/mol. The van der Waals surface area contributed by atoms with E-state index < -0.39 is 0 Å². The Kier molecular flexibility index (Phi) is 5.06. The molecule has 1 heterocycles. The van der Waals surface area contributed by atoms with Gasteiger partial charge in [0.05, 0.1) is 11.4 Å². The Hall–Kier alpha value is -2.46. The minimum Gasteiger partial charge on any atom is -0.293 e. The smallest absolute Gasteiger partial charge is 0.180 e. The zero-order chi connectivity index (χ0) is 16.9. The molecule has 3 aromatic rings. The maximum Gasteiger partial charge on any atom is 0.180 e. The number of nitrogens with zero attached hydrogens (tertiary/aromatic N) is 2. The average Bonchev–Trinajstić information content (AvgIpc) is 2.62. The van der Waals surface area contributed by atoms with Gasteiger partial charge in [-0.15, -0.1) is 0 Å². The summed E-state index contributed by atoms with van der Waals surface area (Å²) in [4.78, 5) is 21.5. The summed E-state index contributed by atoms with van der Waals surface area (Å²) in [6.07, 6.45) is 4.96. The second-order valence-electron chi connectivity index (χ2n) is 5.68.